The van der Waals surface area contributed by atoms with E-state index in [0.29, 0.717) is 19.4 Å². The molecule has 1 amide bonds. The highest BCUT2D eigenvalue weighted by Crippen LogP contribution is 2.24. The summed E-state index contributed by atoms with van der Waals surface area (Å²) in [6, 6.07) is 20.4. The molecule has 0 N–H and O–H groups in total. The number of benzene rings is 3. The molecule has 1 heterocycles. The summed E-state index contributed by atoms with van der Waals surface area (Å²) in [6.45, 7) is 0.598. The zero-order valence-electron chi connectivity index (χ0n) is 16.0. The number of carbonyl (C=O) groups excluding carboxylic acids is 1. The first kappa shape index (κ1) is 18.4. The average molecular weight is 391 g/mol. The highest BCUT2D eigenvalue weighted by Gasteiger charge is 2.12. The first-order chi connectivity index (χ1) is 13.6. The number of carbonyl (C=O) groups is 1. The Bertz CT molecular complexity index is 1100. The Morgan fingerprint density at radius 2 is 1.86 bits per heavy atom. The summed E-state index contributed by atoms with van der Waals surface area (Å²) in [5.41, 5.74) is 2.13. The van der Waals surface area contributed by atoms with Crippen LogP contribution in [0.2, 0.25) is 0 Å². The maximum Gasteiger partial charge on any atom is 0.223 e. The third-order valence-corrected chi connectivity index (χ3v) is 5.94. The second-order valence-electron chi connectivity index (χ2n) is 6.87. The fourth-order valence-corrected chi connectivity index (χ4v) is 4.26. The number of para-hydroxylation sites is 1. The van der Waals surface area contributed by atoms with Crippen molar-refractivity contribution in [2.45, 2.75) is 19.4 Å². The summed E-state index contributed by atoms with van der Waals surface area (Å²) in [6.07, 6.45) is 1.15. The molecule has 0 bridgehead atoms. The van der Waals surface area contributed by atoms with Gasteiger partial charge < -0.3 is 9.64 Å². The second kappa shape index (κ2) is 7.98. The molecule has 0 saturated carbocycles. The van der Waals surface area contributed by atoms with Crippen LogP contribution in [0.3, 0.4) is 0 Å². The third-order valence-electron chi connectivity index (χ3n) is 4.85. The second-order valence-corrected chi connectivity index (χ2v) is 7.99. The van der Waals surface area contributed by atoms with E-state index in [2.05, 4.69) is 29.2 Å². The van der Waals surface area contributed by atoms with Gasteiger partial charge in [-0.25, -0.2) is 4.98 Å². The number of hydrogen-bond acceptors (Lipinski definition) is 4. The van der Waals surface area contributed by atoms with Gasteiger partial charge in [-0.2, -0.15) is 0 Å². The number of aromatic nitrogens is 1. The Labute approximate surface area is 168 Å². The van der Waals surface area contributed by atoms with Crippen LogP contribution in [-0.4, -0.2) is 29.9 Å². The molecule has 28 heavy (non-hydrogen) atoms. The summed E-state index contributed by atoms with van der Waals surface area (Å²) in [7, 11) is 3.53. The molecule has 4 aromatic rings. The van der Waals surface area contributed by atoms with Gasteiger partial charge in [0.25, 0.3) is 0 Å². The molecule has 0 fully saturated rings. The van der Waals surface area contributed by atoms with E-state index in [4.69, 9.17) is 4.74 Å². The number of rotatable bonds is 6. The van der Waals surface area contributed by atoms with Crippen molar-refractivity contribution >= 4 is 38.2 Å². The minimum absolute atomic E-state index is 0.133. The minimum Gasteiger partial charge on any atom is -0.497 e. The molecule has 0 aliphatic heterocycles. The molecule has 142 valence electrons. The monoisotopic (exact) mass is 390 g/mol. The lowest BCUT2D eigenvalue weighted by molar-refractivity contribution is -0.130. The van der Waals surface area contributed by atoms with E-state index in [9.17, 15) is 4.79 Å². The molecule has 0 aliphatic carbocycles. The topological polar surface area (TPSA) is 42.4 Å². The van der Waals surface area contributed by atoms with Gasteiger partial charge in [0.05, 0.1) is 22.3 Å². The molecular weight excluding hydrogens is 368 g/mol. The lowest BCUT2D eigenvalue weighted by Crippen LogP contribution is -2.26. The van der Waals surface area contributed by atoms with Gasteiger partial charge in [0.2, 0.25) is 5.91 Å². The first-order valence-electron chi connectivity index (χ1n) is 9.27. The number of ether oxygens (including phenoxy) is 1. The van der Waals surface area contributed by atoms with Crippen molar-refractivity contribution in [1.29, 1.82) is 0 Å². The molecular formula is C23H22N2O2S. The summed E-state index contributed by atoms with van der Waals surface area (Å²) >= 11 is 1.67. The largest absolute Gasteiger partial charge is 0.497 e. The van der Waals surface area contributed by atoms with Crippen LogP contribution in [0.25, 0.3) is 21.0 Å². The third kappa shape index (κ3) is 3.99. The van der Waals surface area contributed by atoms with Gasteiger partial charge in [0.1, 0.15) is 5.75 Å². The molecule has 0 saturated heterocycles. The zero-order valence-corrected chi connectivity index (χ0v) is 16.8. The molecule has 5 heteroatoms. The molecule has 1 aromatic heterocycles. The van der Waals surface area contributed by atoms with E-state index in [1.165, 1.54) is 4.70 Å². The molecule has 0 spiro atoms. The Morgan fingerprint density at radius 3 is 2.68 bits per heavy atom. The molecule has 0 aliphatic rings. The van der Waals surface area contributed by atoms with Crippen LogP contribution in [0.4, 0.5) is 0 Å². The SMILES string of the molecule is COc1ccc2cc(CN(C)C(=O)CCc3nc4ccccc4s3)ccc2c1. The summed E-state index contributed by atoms with van der Waals surface area (Å²) in [5, 5.41) is 3.30. The van der Waals surface area contributed by atoms with Crippen molar-refractivity contribution in [3.63, 3.8) is 0 Å². The van der Waals surface area contributed by atoms with Crippen molar-refractivity contribution < 1.29 is 9.53 Å². The van der Waals surface area contributed by atoms with Crippen LogP contribution >= 0.6 is 11.3 Å². The number of fused-ring (bicyclic) bond motifs is 2. The van der Waals surface area contributed by atoms with Crippen LogP contribution in [0.1, 0.15) is 17.0 Å². The van der Waals surface area contributed by atoms with Gasteiger partial charge in [-0.05, 0) is 46.7 Å². The van der Waals surface area contributed by atoms with Gasteiger partial charge in [-0.1, -0.05) is 30.3 Å². The number of nitrogens with zero attached hydrogens (tertiary/aromatic N) is 2. The van der Waals surface area contributed by atoms with Gasteiger partial charge in [-0.3, -0.25) is 4.79 Å². The van der Waals surface area contributed by atoms with Crippen molar-refractivity contribution in [1.82, 2.24) is 9.88 Å². The van der Waals surface area contributed by atoms with Crippen molar-refractivity contribution in [2.75, 3.05) is 14.2 Å². The zero-order chi connectivity index (χ0) is 19.5. The number of aryl methyl sites for hydroxylation is 1. The fourth-order valence-electron chi connectivity index (χ4n) is 3.29. The smallest absolute Gasteiger partial charge is 0.223 e. The quantitative estimate of drug-likeness (QED) is 0.463. The van der Waals surface area contributed by atoms with Crippen LogP contribution in [0.15, 0.2) is 60.7 Å². The Morgan fingerprint density at radius 1 is 1.07 bits per heavy atom. The van der Waals surface area contributed by atoms with E-state index in [-0.39, 0.29) is 5.91 Å². The van der Waals surface area contributed by atoms with E-state index in [1.54, 1.807) is 23.3 Å². The molecule has 0 atom stereocenters. The first-order valence-corrected chi connectivity index (χ1v) is 10.1. The van der Waals surface area contributed by atoms with Crippen molar-refractivity contribution in [3.05, 3.63) is 71.2 Å². The van der Waals surface area contributed by atoms with Crippen molar-refractivity contribution in [2.24, 2.45) is 0 Å². The molecule has 0 radical (unpaired) electrons. The van der Waals surface area contributed by atoms with Gasteiger partial charge in [0.15, 0.2) is 0 Å². The van der Waals surface area contributed by atoms with Crippen molar-refractivity contribution in [3.8, 4) is 5.75 Å². The highest BCUT2D eigenvalue weighted by atomic mass is 32.1. The lowest BCUT2D eigenvalue weighted by Gasteiger charge is -2.17. The standard InChI is InChI=1S/C23H22N2O2S/c1-25(15-16-7-8-18-14-19(27-2)10-9-17(18)13-16)23(26)12-11-22-24-20-5-3-4-6-21(20)28-22/h3-10,13-14H,11-12,15H2,1-2H3. The van der Waals surface area contributed by atoms with Crippen LogP contribution < -0.4 is 4.74 Å². The number of amides is 1. The van der Waals surface area contributed by atoms with Crippen LogP contribution in [-0.2, 0) is 17.8 Å². The van der Waals surface area contributed by atoms with Gasteiger partial charge in [-0.15, -0.1) is 11.3 Å². The number of thiazole rings is 1. The Kier molecular flexibility index (Phi) is 5.26. The van der Waals surface area contributed by atoms with E-state index in [0.717, 1.165) is 32.6 Å². The Hall–Kier alpha value is -2.92. The summed E-state index contributed by atoms with van der Waals surface area (Å²) in [4.78, 5) is 19.0. The van der Waals surface area contributed by atoms with Gasteiger partial charge >= 0.3 is 0 Å². The van der Waals surface area contributed by atoms with E-state index >= 15 is 0 Å². The predicted octanol–water partition coefficient (Wildman–Crippen LogP) is 5.05. The number of methoxy groups -OCH3 is 1. The maximum absolute atomic E-state index is 12.6. The molecule has 3 aromatic carbocycles. The highest BCUT2D eigenvalue weighted by molar-refractivity contribution is 7.18. The molecule has 4 nitrogen and oxygen atoms in total. The maximum atomic E-state index is 12.6. The molecule has 0 unspecified atom stereocenters. The Balaban J connectivity index is 1.39. The fraction of sp³-hybridized carbons (Fsp3) is 0.217. The lowest BCUT2D eigenvalue weighted by atomic mass is 10.1. The summed E-state index contributed by atoms with van der Waals surface area (Å²) in [5.74, 6) is 0.983. The summed E-state index contributed by atoms with van der Waals surface area (Å²) < 4.78 is 6.45. The minimum atomic E-state index is 0.133. The van der Waals surface area contributed by atoms with Crippen LogP contribution in [0, 0.1) is 0 Å². The van der Waals surface area contributed by atoms with E-state index < -0.39 is 0 Å². The van der Waals surface area contributed by atoms with Gasteiger partial charge in [0, 0.05) is 26.4 Å². The average Bonchev–Trinajstić information content (AvgIpc) is 3.14. The van der Waals surface area contributed by atoms with Crippen LogP contribution in [0.5, 0.6) is 5.75 Å². The predicted molar refractivity (Wildman–Crippen MR) is 115 cm³/mol. The van der Waals surface area contributed by atoms with E-state index in [1.807, 2.05) is 43.4 Å². The normalized spacial score (nSPS) is 11.1. The number of hydrogen-bond donors (Lipinski definition) is 0. The molecule has 4 rings (SSSR count).